The van der Waals surface area contributed by atoms with Crippen LogP contribution in [0.5, 0.6) is 0 Å². The third-order valence-electron chi connectivity index (χ3n) is 4.74. The monoisotopic (exact) mass is 353 g/mol. The van der Waals surface area contributed by atoms with Gasteiger partial charge >= 0.3 is 0 Å². The minimum Gasteiger partial charge on any atom is -0.220 e. The molecule has 0 amide bonds. The molecule has 3 aromatic carbocycles. The van der Waals surface area contributed by atoms with Gasteiger partial charge in [0.1, 0.15) is 6.33 Å². The summed E-state index contributed by atoms with van der Waals surface area (Å²) in [5.41, 5.74) is 5.88. The fraction of sp³-hybridized carbons (Fsp3) is 0.167. The Labute approximate surface area is 160 Å². The molecule has 134 valence electrons. The van der Waals surface area contributed by atoms with Crippen molar-refractivity contribution < 1.29 is 0 Å². The third kappa shape index (κ3) is 3.68. The highest BCUT2D eigenvalue weighted by atomic mass is 15.3. The molecule has 0 aliphatic rings. The summed E-state index contributed by atoms with van der Waals surface area (Å²) in [7, 11) is 0. The molecule has 0 bridgehead atoms. The molecule has 3 nitrogen and oxygen atoms in total. The first-order valence-electron chi connectivity index (χ1n) is 9.19. The molecule has 0 saturated heterocycles. The van der Waals surface area contributed by atoms with E-state index in [0.717, 1.165) is 17.1 Å². The van der Waals surface area contributed by atoms with Crippen LogP contribution in [0.4, 0.5) is 0 Å². The van der Waals surface area contributed by atoms with Gasteiger partial charge in [-0.25, -0.2) is 9.67 Å². The van der Waals surface area contributed by atoms with E-state index in [2.05, 4.69) is 104 Å². The van der Waals surface area contributed by atoms with Gasteiger partial charge in [-0.05, 0) is 34.2 Å². The van der Waals surface area contributed by atoms with Crippen molar-refractivity contribution in [1.29, 1.82) is 0 Å². The van der Waals surface area contributed by atoms with Crippen LogP contribution in [0.1, 0.15) is 26.3 Å². The average Bonchev–Trinajstić information content (AvgIpc) is 3.18. The normalized spacial score (nSPS) is 11.5. The van der Waals surface area contributed by atoms with Crippen LogP contribution in [0.3, 0.4) is 0 Å². The van der Waals surface area contributed by atoms with E-state index in [1.807, 2.05) is 10.7 Å². The maximum atomic E-state index is 4.65. The molecule has 0 unspecified atom stereocenters. The van der Waals surface area contributed by atoms with Crippen molar-refractivity contribution in [3.8, 4) is 28.2 Å². The van der Waals surface area contributed by atoms with Crippen LogP contribution < -0.4 is 0 Å². The van der Waals surface area contributed by atoms with E-state index in [1.54, 1.807) is 6.33 Å². The van der Waals surface area contributed by atoms with Crippen molar-refractivity contribution in [3.63, 3.8) is 0 Å². The lowest BCUT2D eigenvalue weighted by Gasteiger charge is -2.18. The van der Waals surface area contributed by atoms with Gasteiger partial charge in [0.15, 0.2) is 5.82 Å². The molecule has 0 N–H and O–H groups in total. The van der Waals surface area contributed by atoms with Gasteiger partial charge in [0, 0.05) is 5.56 Å². The van der Waals surface area contributed by atoms with E-state index in [-0.39, 0.29) is 5.41 Å². The van der Waals surface area contributed by atoms with Crippen LogP contribution in [0.15, 0.2) is 85.2 Å². The summed E-state index contributed by atoms with van der Waals surface area (Å²) >= 11 is 0. The van der Waals surface area contributed by atoms with Crippen LogP contribution in [0.25, 0.3) is 28.2 Å². The lowest BCUT2D eigenvalue weighted by molar-refractivity contribution is 0.590. The molecule has 0 saturated carbocycles. The van der Waals surface area contributed by atoms with E-state index in [9.17, 15) is 0 Å². The number of hydrogen-bond acceptors (Lipinski definition) is 2. The Morgan fingerprint density at radius 3 is 1.89 bits per heavy atom. The summed E-state index contributed by atoms with van der Waals surface area (Å²) in [6.07, 6.45) is 1.77. The van der Waals surface area contributed by atoms with Gasteiger partial charge in [-0.1, -0.05) is 87.5 Å². The maximum absolute atomic E-state index is 4.65. The molecule has 0 aliphatic heterocycles. The first-order chi connectivity index (χ1) is 13.0. The summed E-state index contributed by atoms with van der Waals surface area (Å²) in [6.45, 7) is 6.65. The second-order valence-electron chi connectivity index (χ2n) is 7.75. The number of benzene rings is 3. The van der Waals surface area contributed by atoms with Crippen LogP contribution >= 0.6 is 0 Å². The number of aromatic nitrogens is 3. The predicted octanol–water partition coefficient (Wildman–Crippen LogP) is 5.90. The third-order valence-corrected chi connectivity index (χ3v) is 4.74. The van der Waals surface area contributed by atoms with Gasteiger partial charge in [0.2, 0.25) is 0 Å². The summed E-state index contributed by atoms with van der Waals surface area (Å²) in [4.78, 5) is 4.49. The highest BCUT2D eigenvalue weighted by molar-refractivity contribution is 5.64. The molecule has 27 heavy (non-hydrogen) atoms. The minimum absolute atomic E-state index is 0.145. The molecule has 1 aromatic heterocycles. The number of hydrogen-bond donors (Lipinski definition) is 0. The number of rotatable bonds is 3. The largest absolute Gasteiger partial charge is 0.220 e. The van der Waals surface area contributed by atoms with E-state index in [1.165, 1.54) is 16.7 Å². The number of nitrogens with zero attached hydrogens (tertiary/aromatic N) is 3. The second kappa shape index (κ2) is 6.84. The summed E-state index contributed by atoms with van der Waals surface area (Å²) in [5.74, 6) is 0.739. The zero-order valence-corrected chi connectivity index (χ0v) is 15.9. The van der Waals surface area contributed by atoms with E-state index < -0.39 is 0 Å². The quantitative estimate of drug-likeness (QED) is 0.459. The SMILES string of the molecule is CC(C)(C)c1ccc(-c2ncn(-c3ccc(-c4ccccc4)cc3)n2)cc1. The average molecular weight is 353 g/mol. The predicted molar refractivity (Wildman–Crippen MR) is 111 cm³/mol. The Hall–Kier alpha value is -3.20. The van der Waals surface area contributed by atoms with Crippen molar-refractivity contribution in [2.75, 3.05) is 0 Å². The first-order valence-corrected chi connectivity index (χ1v) is 9.19. The standard InChI is InChI=1S/C24H23N3/c1-24(2,3)21-13-9-20(10-14-21)23-25-17-27(26-23)22-15-11-19(12-16-22)18-7-5-4-6-8-18/h4-17H,1-3H3. The van der Waals surface area contributed by atoms with Gasteiger partial charge < -0.3 is 0 Å². The molecule has 0 atom stereocenters. The van der Waals surface area contributed by atoms with E-state index in [4.69, 9.17) is 0 Å². The van der Waals surface area contributed by atoms with Gasteiger partial charge in [-0.3, -0.25) is 0 Å². The topological polar surface area (TPSA) is 30.7 Å². The lowest BCUT2D eigenvalue weighted by Crippen LogP contribution is -2.10. The molecule has 3 heteroatoms. The fourth-order valence-electron chi connectivity index (χ4n) is 3.08. The fourth-order valence-corrected chi connectivity index (χ4v) is 3.08. The minimum atomic E-state index is 0.145. The molecular weight excluding hydrogens is 330 g/mol. The Balaban J connectivity index is 1.57. The van der Waals surface area contributed by atoms with Crippen molar-refractivity contribution in [1.82, 2.24) is 14.8 Å². The zero-order chi connectivity index (χ0) is 18.9. The maximum Gasteiger partial charge on any atom is 0.181 e. The van der Waals surface area contributed by atoms with Gasteiger partial charge in [0.25, 0.3) is 0 Å². The molecule has 0 radical (unpaired) electrons. The zero-order valence-electron chi connectivity index (χ0n) is 15.9. The Morgan fingerprint density at radius 2 is 1.26 bits per heavy atom. The molecule has 4 rings (SSSR count). The Bertz CT molecular complexity index is 1020. The van der Waals surface area contributed by atoms with Gasteiger partial charge in [-0.15, -0.1) is 5.10 Å². The van der Waals surface area contributed by atoms with Crippen molar-refractivity contribution in [2.24, 2.45) is 0 Å². The van der Waals surface area contributed by atoms with Crippen molar-refractivity contribution in [3.05, 3.63) is 90.8 Å². The van der Waals surface area contributed by atoms with Gasteiger partial charge in [-0.2, -0.15) is 0 Å². The molecular formula is C24H23N3. The summed E-state index contributed by atoms with van der Waals surface area (Å²) in [5, 5.41) is 4.65. The Kier molecular flexibility index (Phi) is 4.36. The van der Waals surface area contributed by atoms with E-state index >= 15 is 0 Å². The van der Waals surface area contributed by atoms with Gasteiger partial charge in [0.05, 0.1) is 5.69 Å². The highest BCUT2D eigenvalue weighted by Crippen LogP contribution is 2.25. The molecule has 0 spiro atoms. The summed E-state index contributed by atoms with van der Waals surface area (Å²) in [6, 6.07) is 27.3. The van der Waals surface area contributed by atoms with Crippen LogP contribution in [-0.2, 0) is 5.41 Å². The smallest absolute Gasteiger partial charge is 0.181 e. The molecule has 0 aliphatic carbocycles. The van der Waals surface area contributed by atoms with Crippen molar-refractivity contribution >= 4 is 0 Å². The van der Waals surface area contributed by atoms with Crippen molar-refractivity contribution in [2.45, 2.75) is 26.2 Å². The summed E-state index contributed by atoms with van der Waals surface area (Å²) < 4.78 is 1.82. The molecule has 4 aromatic rings. The molecule has 0 fully saturated rings. The van der Waals surface area contributed by atoms with E-state index in [0.29, 0.717) is 0 Å². The molecule has 1 heterocycles. The Morgan fingerprint density at radius 1 is 0.667 bits per heavy atom. The second-order valence-corrected chi connectivity index (χ2v) is 7.75. The first kappa shape index (κ1) is 17.2. The van der Waals surface area contributed by atoms with Crippen LogP contribution in [0.2, 0.25) is 0 Å². The lowest BCUT2D eigenvalue weighted by atomic mass is 9.87. The highest BCUT2D eigenvalue weighted by Gasteiger charge is 2.14. The van der Waals surface area contributed by atoms with Crippen LogP contribution in [-0.4, -0.2) is 14.8 Å². The van der Waals surface area contributed by atoms with Crippen LogP contribution in [0, 0.1) is 0 Å².